The predicted octanol–water partition coefficient (Wildman–Crippen LogP) is 3.75. The topological polar surface area (TPSA) is 18.5 Å². The van der Waals surface area contributed by atoms with E-state index in [4.69, 9.17) is 9.47 Å². The van der Waals surface area contributed by atoms with Crippen molar-refractivity contribution >= 4 is 11.8 Å². The van der Waals surface area contributed by atoms with E-state index in [0.29, 0.717) is 23.0 Å². The maximum absolute atomic E-state index is 6.06. The van der Waals surface area contributed by atoms with Crippen molar-refractivity contribution in [1.29, 1.82) is 0 Å². The molecule has 0 amide bonds. The lowest BCUT2D eigenvalue weighted by Crippen LogP contribution is -2.44. The van der Waals surface area contributed by atoms with Gasteiger partial charge in [-0.05, 0) is 31.6 Å². The first-order valence-electron chi connectivity index (χ1n) is 7.39. The van der Waals surface area contributed by atoms with E-state index in [9.17, 15) is 0 Å². The Kier molecular flexibility index (Phi) is 2.99. The Morgan fingerprint density at radius 2 is 1.95 bits per heavy atom. The summed E-state index contributed by atoms with van der Waals surface area (Å²) >= 11 is 2.10. The van der Waals surface area contributed by atoms with E-state index in [1.807, 2.05) is 0 Å². The Labute approximate surface area is 124 Å². The number of hydrogen-bond donors (Lipinski definition) is 0. The van der Waals surface area contributed by atoms with Gasteiger partial charge in [0.2, 0.25) is 0 Å². The number of allylic oxidation sites excluding steroid dienone is 1. The van der Waals surface area contributed by atoms with E-state index >= 15 is 0 Å². The molecular weight excluding hydrogens is 268 g/mol. The fraction of sp³-hybridized carbons (Fsp3) is 0.529. The van der Waals surface area contributed by atoms with Gasteiger partial charge in [-0.2, -0.15) is 11.8 Å². The molecular formula is C17H20O2S. The quantitative estimate of drug-likeness (QED) is 0.724. The third-order valence-corrected chi connectivity index (χ3v) is 6.37. The molecule has 1 aromatic carbocycles. The number of thioether (sulfide) groups is 1. The van der Waals surface area contributed by atoms with Crippen LogP contribution in [0.4, 0.5) is 0 Å². The molecule has 3 heterocycles. The second kappa shape index (κ2) is 4.73. The SMILES string of the molecule is CC1=CC2SCC3c4c(C)cccc4OCC3C2CO1. The van der Waals surface area contributed by atoms with Gasteiger partial charge in [0.15, 0.2) is 0 Å². The first kappa shape index (κ1) is 12.6. The Bertz CT molecular complexity index is 566. The lowest BCUT2D eigenvalue weighted by atomic mass is 9.74. The molecule has 20 heavy (non-hydrogen) atoms. The molecule has 0 radical (unpaired) electrons. The van der Waals surface area contributed by atoms with Crippen LogP contribution in [0.3, 0.4) is 0 Å². The smallest absolute Gasteiger partial charge is 0.123 e. The largest absolute Gasteiger partial charge is 0.498 e. The van der Waals surface area contributed by atoms with Gasteiger partial charge in [-0.15, -0.1) is 0 Å². The van der Waals surface area contributed by atoms with Crippen molar-refractivity contribution in [3.8, 4) is 5.75 Å². The highest BCUT2D eigenvalue weighted by molar-refractivity contribution is 8.00. The summed E-state index contributed by atoms with van der Waals surface area (Å²) < 4.78 is 11.9. The highest BCUT2D eigenvalue weighted by Crippen LogP contribution is 2.51. The molecule has 106 valence electrons. The standard InChI is InChI=1S/C17H20O2S/c1-10-4-3-5-15-17(10)14-9-20-16-6-11(2)18-8-13(16)12(14)7-19-15/h3-6,12-14,16H,7-9H2,1-2H3. The molecule has 0 bridgehead atoms. The fourth-order valence-corrected chi connectivity index (χ4v) is 5.54. The molecule has 3 aliphatic heterocycles. The van der Waals surface area contributed by atoms with Gasteiger partial charge in [0.1, 0.15) is 5.75 Å². The lowest BCUT2D eigenvalue weighted by molar-refractivity contribution is 0.0690. The summed E-state index contributed by atoms with van der Waals surface area (Å²) in [6.07, 6.45) is 2.31. The number of benzene rings is 1. The number of aryl methyl sites for hydroxylation is 1. The first-order chi connectivity index (χ1) is 9.74. The molecule has 2 nitrogen and oxygen atoms in total. The molecule has 3 heteroatoms. The zero-order valence-electron chi connectivity index (χ0n) is 12.0. The minimum Gasteiger partial charge on any atom is -0.498 e. The van der Waals surface area contributed by atoms with E-state index < -0.39 is 0 Å². The van der Waals surface area contributed by atoms with Crippen molar-refractivity contribution < 1.29 is 9.47 Å². The monoisotopic (exact) mass is 288 g/mol. The molecule has 3 aliphatic rings. The highest BCUT2D eigenvalue weighted by atomic mass is 32.2. The predicted molar refractivity (Wildman–Crippen MR) is 82.4 cm³/mol. The minimum absolute atomic E-state index is 0.593. The van der Waals surface area contributed by atoms with Gasteiger partial charge in [-0.25, -0.2) is 0 Å². The molecule has 0 aromatic heterocycles. The van der Waals surface area contributed by atoms with Crippen molar-refractivity contribution in [3.63, 3.8) is 0 Å². The van der Waals surface area contributed by atoms with Crippen LogP contribution in [0.15, 0.2) is 30.0 Å². The first-order valence-corrected chi connectivity index (χ1v) is 8.44. The molecule has 0 aliphatic carbocycles. The van der Waals surface area contributed by atoms with Gasteiger partial charge in [-0.1, -0.05) is 12.1 Å². The van der Waals surface area contributed by atoms with Crippen LogP contribution in [0.1, 0.15) is 24.0 Å². The summed E-state index contributed by atoms with van der Waals surface area (Å²) in [4.78, 5) is 0. The molecule has 4 atom stereocenters. The number of ether oxygens (including phenoxy) is 2. The van der Waals surface area contributed by atoms with Gasteiger partial charge in [-0.3, -0.25) is 0 Å². The molecule has 4 rings (SSSR count). The van der Waals surface area contributed by atoms with Crippen molar-refractivity contribution in [2.75, 3.05) is 19.0 Å². The van der Waals surface area contributed by atoms with Crippen LogP contribution in [0.5, 0.6) is 5.75 Å². The average molecular weight is 288 g/mol. The molecule has 0 saturated carbocycles. The van der Waals surface area contributed by atoms with Gasteiger partial charge >= 0.3 is 0 Å². The third kappa shape index (κ3) is 1.86. The summed E-state index contributed by atoms with van der Waals surface area (Å²) in [6, 6.07) is 6.43. The summed E-state index contributed by atoms with van der Waals surface area (Å²) in [6.45, 7) is 5.98. The van der Waals surface area contributed by atoms with E-state index in [0.717, 1.165) is 24.7 Å². The van der Waals surface area contributed by atoms with Gasteiger partial charge < -0.3 is 9.47 Å². The van der Waals surface area contributed by atoms with Crippen molar-refractivity contribution in [1.82, 2.24) is 0 Å². The highest BCUT2D eigenvalue weighted by Gasteiger charge is 2.45. The zero-order valence-corrected chi connectivity index (χ0v) is 12.8. The fourth-order valence-electron chi connectivity index (χ4n) is 3.88. The van der Waals surface area contributed by atoms with Crippen LogP contribution < -0.4 is 4.74 Å². The third-order valence-electron chi connectivity index (χ3n) is 4.95. The molecule has 0 spiro atoms. The molecule has 1 fully saturated rings. The molecule has 1 aromatic rings. The second-order valence-electron chi connectivity index (χ2n) is 6.12. The summed E-state index contributed by atoms with van der Waals surface area (Å²) in [7, 11) is 0. The number of hydrogen-bond acceptors (Lipinski definition) is 3. The van der Waals surface area contributed by atoms with Crippen molar-refractivity contribution in [2.24, 2.45) is 11.8 Å². The molecule has 1 saturated heterocycles. The number of fused-ring (bicyclic) bond motifs is 5. The Morgan fingerprint density at radius 3 is 2.85 bits per heavy atom. The number of rotatable bonds is 0. The maximum atomic E-state index is 6.06. The van der Waals surface area contributed by atoms with Crippen LogP contribution in [-0.4, -0.2) is 24.2 Å². The molecule has 4 unspecified atom stereocenters. The van der Waals surface area contributed by atoms with Crippen LogP contribution in [-0.2, 0) is 4.74 Å². The Hall–Kier alpha value is -1.09. The summed E-state index contributed by atoms with van der Waals surface area (Å²) in [5.41, 5.74) is 2.82. The zero-order chi connectivity index (χ0) is 13.7. The van der Waals surface area contributed by atoms with Gasteiger partial charge in [0.25, 0.3) is 0 Å². The van der Waals surface area contributed by atoms with Crippen LogP contribution in [0, 0.1) is 18.8 Å². The second-order valence-corrected chi connectivity index (χ2v) is 7.33. The summed E-state index contributed by atoms with van der Waals surface area (Å²) in [5, 5.41) is 0.610. The molecule has 0 N–H and O–H groups in total. The van der Waals surface area contributed by atoms with Crippen molar-refractivity contribution in [2.45, 2.75) is 25.0 Å². The van der Waals surface area contributed by atoms with E-state index in [2.05, 4.69) is 49.9 Å². The van der Waals surface area contributed by atoms with E-state index in [1.54, 1.807) is 0 Å². The van der Waals surface area contributed by atoms with Crippen LogP contribution in [0.2, 0.25) is 0 Å². The van der Waals surface area contributed by atoms with Gasteiger partial charge in [0, 0.05) is 34.3 Å². The maximum Gasteiger partial charge on any atom is 0.123 e. The lowest BCUT2D eigenvalue weighted by Gasteiger charge is -2.46. The minimum atomic E-state index is 0.593. The van der Waals surface area contributed by atoms with E-state index in [1.165, 1.54) is 16.9 Å². The van der Waals surface area contributed by atoms with Crippen LogP contribution in [0.25, 0.3) is 0 Å². The Balaban J connectivity index is 1.71. The normalized spacial score (nSPS) is 34.8. The van der Waals surface area contributed by atoms with E-state index in [-0.39, 0.29) is 0 Å². The van der Waals surface area contributed by atoms with Crippen molar-refractivity contribution in [3.05, 3.63) is 41.2 Å². The van der Waals surface area contributed by atoms with Gasteiger partial charge in [0.05, 0.1) is 19.0 Å². The van der Waals surface area contributed by atoms with Crippen LogP contribution >= 0.6 is 11.8 Å². The average Bonchev–Trinajstić information content (AvgIpc) is 2.46. The summed E-state index contributed by atoms with van der Waals surface area (Å²) in [5.74, 6) is 5.21. The Morgan fingerprint density at radius 1 is 1.10 bits per heavy atom.